The zero-order chi connectivity index (χ0) is 13.7. The standard InChI is InChI=1S/C14H23N3O/c1-10(2)17(4)6-5-16-14(18)12-7-11(3)8-13(15)9-12/h7-10H,5-6,15H2,1-4H3,(H,16,18). The van der Waals surface area contributed by atoms with E-state index >= 15 is 0 Å². The Balaban J connectivity index is 2.50. The van der Waals surface area contributed by atoms with E-state index in [0.29, 0.717) is 23.8 Å². The molecule has 100 valence electrons. The largest absolute Gasteiger partial charge is 0.399 e. The lowest BCUT2D eigenvalue weighted by atomic mass is 10.1. The molecule has 1 rings (SSSR count). The van der Waals surface area contributed by atoms with Gasteiger partial charge in [0.05, 0.1) is 0 Å². The first kappa shape index (κ1) is 14.5. The van der Waals surface area contributed by atoms with Crippen molar-refractivity contribution in [2.24, 2.45) is 0 Å². The second-order valence-corrected chi connectivity index (χ2v) is 4.96. The molecule has 4 nitrogen and oxygen atoms in total. The zero-order valence-electron chi connectivity index (χ0n) is 11.7. The monoisotopic (exact) mass is 249 g/mol. The molecule has 0 aliphatic carbocycles. The maximum Gasteiger partial charge on any atom is 0.251 e. The van der Waals surface area contributed by atoms with Crippen LogP contribution in [0, 0.1) is 6.92 Å². The van der Waals surface area contributed by atoms with E-state index in [-0.39, 0.29) is 5.91 Å². The molecule has 1 amide bonds. The van der Waals surface area contributed by atoms with Crippen molar-refractivity contribution in [3.05, 3.63) is 29.3 Å². The third-order valence-corrected chi connectivity index (χ3v) is 2.99. The fraction of sp³-hybridized carbons (Fsp3) is 0.500. The maximum atomic E-state index is 11.9. The van der Waals surface area contributed by atoms with Crippen molar-refractivity contribution in [3.63, 3.8) is 0 Å². The minimum Gasteiger partial charge on any atom is -0.399 e. The molecule has 0 fully saturated rings. The molecule has 0 aromatic heterocycles. The van der Waals surface area contributed by atoms with Crippen LogP contribution < -0.4 is 11.1 Å². The molecular weight excluding hydrogens is 226 g/mol. The molecule has 0 heterocycles. The summed E-state index contributed by atoms with van der Waals surface area (Å²) in [6.45, 7) is 7.66. The van der Waals surface area contributed by atoms with E-state index in [1.54, 1.807) is 6.07 Å². The lowest BCUT2D eigenvalue weighted by Gasteiger charge is -2.20. The summed E-state index contributed by atoms with van der Waals surface area (Å²) < 4.78 is 0. The molecular formula is C14H23N3O. The van der Waals surface area contributed by atoms with Gasteiger partial charge in [0.25, 0.3) is 5.91 Å². The fourth-order valence-electron chi connectivity index (χ4n) is 1.65. The first-order valence-corrected chi connectivity index (χ1v) is 6.25. The number of carbonyl (C=O) groups excluding carboxylic acids is 1. The van der Waals surface area contributed by atoms with Gasteiger partial charge in [-0.2, -0.15) is 0 Å². The van der Waals surface area contributed by atoms with Gasteiger partial charge >= 0.3 is 0 Å². The molecule has 0 bridgehead atoms. The van der Waals surface area contributed by atoms with Crippen molar-refractivity contribution in [1.29, 1.82) is 0 Å². The van der Waals surface area contributed by atoms with Gasteiger partial charge in [0.1, 0.15) is 0 Å². The maximum absolute atomic E-state index is 11.9. The SMILES string of the molecule is Cc1cc(N)cc(C(=O)NCCN(C)C(C)C)c1. The van der Waals surface area contributed by atoms with E-state index in [1.165, 1.54) is 0 Å². The van der Waals surface area contributed by atoms with Crippen molar-refractivity contribution in [2.75, 3.05) is 25.9 Å². The summed E-state index contributed by atoms with van der Waals surface area (Å²) in [6.07, 6.45) is 0. The van der Waals surface area contributed by atoms with Gasteiger partial charge in [0.15, 0.2) is 0 Å². The quantitative estimate of drug-likeness (QED) is 0.780. The molecule has 0 aliphatic rings. The molecule has 1 aromatic carbocycles. The molecule has 1 aromatic rings. The van der Waals surface area contributed by atoms with Crippen molar-refractivity contribution in [3.8, 4) is 0 Å². The highest BCUT2D eigenvalue weighted by atomic mass is 16.1. The number of likely N-dealkylation sites (N-methyl/N-ethyl adjacent to an activating group) is 1. The topological polar surface area (TPSA) is 58.4 Å². The average molecular weight is 249 g/mol. The minimum absolute atomic E-state index is 0.0671. The van der Waals surface area contributed by atoms with Crippen molar-refractivity contribution < 1.29 is 4.79 Å². The second kappa shape index (κ2) is 6.40. The Kier molecular flexibility index (Phi) is 5.16. The van der Waals surface area contributed by atoms with Crippen LogP contribution in [0.3, 0.4) is 0 Å². The highest BCUT2D eigenvalue weighted by Gasteiger charge is 2.07. The summed E-state index contributed by atoms with van der Waals surface area (Å²) in [5, 5.41) is 2.90. The summed E-state index contributed by atoms with van der Waals surface area (Å²) in [5.74, 6) is -0.0671. The van der Waals surface area contributed by atoms with Crippen molar-refractivity contribution in [2.45, 2.75) is 26.8 Å². The van der Waals surface area contributed by atoms with Crippen LogP contribution in [0.4, 0.5) is 5.69 Å². The van der Waals surface area contributed by atoms with E-state index in [4.69, 9.17) is 5.73 Å². The van der Waals surface area contributed by atoms with Crippen LogP contribution in [0.2, 0.25) is 0 Å². The molecule has 0 atom stereocenters. The third-order valence-electron chi connectivity index (χ3n) is 2.99. The van der Waals surface area contributed by atoms with Gasteiger partial charge in [-0.3, -0.25) is 4.79 Å². The number of hydrogen-bond donors (Lipinski definition) is 2. The number of anilines is 1. The van der Waals surface area contributed by atoms with Crippen LogP contribution in [-0.2, 0) is 0 Å². The van der Waals surface area contributed by atoms with Crippen LogP contribution in [0.15, 0.2) is 18.2 Å². The Morgan fingerprint density at radius 2 is 2.06 bits per heavy atom. The van der Waals surface area contributed by atoms with Gasteiger partial charge < -0.3 is 16.0 Å². The number of amides is 1. The van der Waals surface area contributed by atoms with Crippen LogP contribution in [0.25, 0.3) is 0 Å². The summed E-state index contributed by atoms with van der Waals surface area (Å²) in [6, 6.07) is 5.88. The van der Waals surface area contributed by atoms with E-state index < -0.39 is 0 Å². The average Bonchev–Trinajstić information content (AvgIpc) is 2.27. The number of nitrogens with one attached hydrogen (secondary N) is 1. The first-order chi connectivity index (χ1) is 8.40. The van der Waals surface area contributed by atoms with Crippen LogP contribution in [-0.4, -0.2) is 37.0 Å². The van der Waals surface area contributed by atoms with Gasteiger partial charge in [-0.05, 0) is 51.6 Å². The van der Waals surface area contributed by atoms with E-state index in [0.717, 1.165) is 12.1 Å². The number of hydrogen-bond acceptors (Lipinski definition) is 3. The van der Waals surface area contributed by atoms with Crippen molar-refractivity contribution >= 4 is 11.6 Å². The van der Waals surface area contributed by atoms with Gasteiger partial charge in [-0.25, -0.2) is 0 Å². The first-order valence-electron chi connectivity index (χ1n) is 6.25. The number of aryl methyl sites for hydroxylation is 1. The normalized spacial score (nSPS) is 11.0. The van der Waals surface area contributed by atoms with Crippen molar-refractivity contribution in [1.82, 2.24) is 10.2 Å². The number of nitrogens with zero attached hydrogens (tertiary/aromatic N) is 1. The third kappa shape index (κ3) is 4.37. The summed E-state index contributed by atoms with van der Waals surface area (Å²) in [7, 11) is 2.04. The molecule has 4 heteroatoms. The number of nitrogens with two attached hydrogens (primary N) is 1. The highest BCUT2D eigenvalue weighted by molar-refractivity contribution is 5.95. The van der Waals surface area contributed by atoms with Gasteiger partial charge in [0, 0.05) is 30.4 Å². The summed E-state index contributed by atoms with van der Waals surface area (Å²) >= 11 is 0. The van der Waals surface area contributed by atoms with Gasteiger partial charge in [-0.15, -0.1) is 0 Å². The Hall–Kier alpha value is -1.55. The summed E-state index contributed by atoms with van der Waals surface area (Å²) in [5.41, 5.74) is 7.97. The predicted octanol–water partition coefficient (Wildman–Crippen LogP) is 1.65. The second-order valence-electron chi connectivity index (χ2n) is 4.96. The number of nitrogen functional groups attached to an aromatic ring is 1. The number of rotatable bonds is 5. The number of benzene rings is 1. The molecule has 18 heavy (non-hydrogen) atoms. The lowest BCUT2D eigenvalue weighted by molar-refractivity contribution is 0.0948. The van der Waals surface area contributed by atoms with E-state index in [1.807, 2.05) is 26.1 Å². The van der Waals surface area contributed by atoms with Crippen LogP contribution in [0.1, 0.15) is 29.8 Å². The molecule has 3 N–H and O–H groups in total. The van der Waals surface area contributed by atoms with E-state index in [2.05, 4.69) is 24.1 Å². The highest BCUT2D eigenvalue weighted by Crippen LogP contribution is 2.10. The Morgan fingerprint density at radius 3 is 2.61 bits per heavy atom. The van der Waals surface area contributed by atoms with Crippen LogP contribution >= 0.6 is 0 Å². The summed E-state index contributed by atoms with van der Waals surface area (Å²) in [4.78, 5) is 14.1. The van der Waals surface area contributed by atoms with Gasteiger partial charge in [-0.1, -0.05) is 0 Å². The smallest absolute Gasteiger partial charge is 0.251 e. The molecule has 0 saturated heterocycles. The minimum atomic E-state index is -0.0671. The number of carbonyl (C=O) groups is 1. The molecule has 0 radical (unpaired) electrons. The molecule has 0 unspecified atom stereocenters. The molecule has 0 spiro atoms. The zero-order valence-corrected chi connectivity index (χ0v) is 11.7. The lowest BCUT2D eigenvalue weighted by Crippen LogP contribution is -2.36. The predicted molar refractivity (Wildman–Crippen MR) is 75.7 cm³/mol. The Morgan fingerprint density at radius 1 is 1.39 bits per heavy atom. The fourth-order valence-corrected chi connectivity index (χ4v) is 1.65. The Bertz CT molecular complexity index is 395. The van der Waals surface area contributed by atoms with Crippen LogP contribution in [0.5, 0.6) is 0 Å². The van der Waals surface area contributed by atoms with Gasteiger partial charge in [0.2, 0.25) is 0 Å². The van der Waals surface area contributed by atoms with E-state index in [9.17, 15) is 4.79 Å². The molecule has 0 aliphatic heterocycles. The molecule has 0 saturated carbocycles. The Labute approximate surface area is 109 Å².